The summed E-state index contributed by atoms with van der Waals surface area (Å²) in [6, 6.07) is 4.81. The predicted octanol–water partition coefficient (Wildman–Crippen LogP) is 0.894. The molecule has 22 heavy (non-hydrogen) atoms. The third kappa shape index (κ3) is 4.27. The van der Waals surface area contributed by atoms with Gasteiger partial charge in [-0.1, -0.05) is 6.07 Å². The van der Waals surface area contributed by atoms with Crippen LogP contribution in [0.2, 0.25) is 0 Å². The molecule has 0 saturated carbocycles. The fourth-order valence-electron chi connectivity index (χ4n) is 2.69. The van der Waals surface area contributed by atoms with Gasteiger partial charge < -0.3 is 15.4 Å². The molecule has 2 rings (SSSR count). The minimum absolute atomic E-state index is 0.150. The molecule has 6 nitrogen and oxygen atoms in total. The number of hydrogen-bond donors (Lipinski definition) is 1. The SMILES string of the molecule is CC(C)(C)OC1CC(C(N)=O)N(C(=O)Cc2ccccn2)C1. The largest absolute Gasteiger partial charge is 0.371 e. The van der Waals surface area contributed by atoms with Crippen molar-refractivity contribution in [3.05, 3.63) is 30.1 Å². The van der Waals surface area contributed by atoms with Crippen molar-refractivity contribution in [3.8, 4) is 0 Å². The Hall–Kier alpha value is -1.95. The third-order valence-corrected chi connectivity index (χ3v) is 3.49. The van der Waals surface area contributed by atoms with Crippen LogP contribution < -0.4 is 5.73 Å². The quantitative estimate of drug-likeness (QED) is 0.895. The Bertz CT molecular complexity index is 539. The maximum absolute atomic E-state index is 12.5. The zero-order valence-electron chi connectivity index (χ0n) is 13.3. The highest BCUT2D eigenvalue weighted by molar-refractivity contribution is 5.88. The third-order valence-electron chi connectivity index (χ3n) is 3.49. The number of primary amides is 1. The Labute approximate surface area is 130 Å². The Kier molecular flexibility index (Phi) is 4.81. The molecule has 6 heteroatoms. The second-order valence-electron chi connectivity index (χ2n) is 6.55. The van der Waals surface area contributed by atoms with Gasteiger partial charge in [-0.15, -0.1) is 0 Å². The van der Waals surface area contributed by atoms with E-state index in [0.717, 1.165) is 0 Å². The second-order valence-corrected chi connectivity index (χ2v) is 6.55. The fraction of sp³-hybridized carbons (Fsp3) is 0.562. The van der Waals surface area contributed by atoms with Crippen molar-refractivity contribution >= 4 is 11.8 Å². The lowest BCUT2D eigenvalue weighted by atomic mass is 10.1. The lowest BCUT2D eigenvalue weighted by molar-refractivity contribution is -0.137. The van der Waals surface area contributed by atoms with Crippen molar-refractivity contribution in [1.82, 2.24) is 9.88 Å². The molecule has 0 spiro atoms. The van der Waals surface area contributed by atoms with Crippen molar-refractivity contribution in [2.75, 3.05) is 6.54 Å². The average Bonchev–Trinajstić information content (AvgIpc) is 2.82. The van der Waals surface area contributed by atoms with E-state index >= 15 is 0 Å². The van der Waals surface area contributed by atoms with E-state index < -0.39 is 11.9 Å². The summed E-state index contributed by atoms with van der Waals surface area (Å²) in [5, 5.41) is 0. The summed E-state index contributed by atoms with van der Waals surface area (Å²) in [5.74, 6) is -0.642. The van der Waals surface area contributed by atoms with E-state index in [1.54, 1.807) is 18.3 Å². The molecule has 0 radical (unpaired) electrons. The van der Waals surface area contributed by atoms with Gasteiger partial charge in [0.2, 0.25) is 11.8 Å². The Morgan fingerprint density at radius 3 is 2.68 bits per heavy atom. The standard InChI is InChI=1S/C16H23N3O3/c1-16(2,3)22-12-9-13(15(17)21)19(10-12)14(20)8-11-6-4-5-7-18-11/h4-7,12-13H,8-10H2,1-3H3,(H2,17,21). The molecule has 1 fully saturated rings. The molecule has 1 aromatic rings. The van der Waals surface area contributed by atoms with Crippen LogP contribution in [0.15, 0.2) is 24.4 Å². The molecule has 120 valence electrons. The molecular weight excluding hydrogens is 282 g/mol. The number of amides is 2. The minimum atomic E-state index is -0.608. The zero-order chi connectivity index (χ0) is 16.3. The first-order valence-electron chi connectivity index (χ1n) is 7.43. The molecule has 0 aromatic carbocycles. The monoisotopic (exact) mass is 305 g/mol. The van der Waals surface area contributed by atoms with Gasteiger partial charge in [-0.25, -0.2) is 0 Å². The van der Waals surface area contributed by atoms with E-state index in [2.05, 4.69) is 4.98 Å². The molecule has 0 aliphatic carbocycles. The van der Waals surface area contributed by atoms with Crippen molar-refractivity contribution in [2.45, 2.75) is 51.4 Å². The Morgan fingerprint density at radius 1 is 1.41 bits per heavy atom. The normalized spacial score (nSPS) is 21.9. The molecule has 1 saturated heterocycles. The van der Waals surface area contributed by atoms with Crippen LogP contribution in [0.3, 0.4) is 0 Å². The summed E-state index contributed by atoms with van der Waals surface area (Å²) in [7, 11) is 0. The minimum Gasteiger partial charge on any atom is -0.371 e. The Morgan fingerprint density at radius 2 is 2.14 bits per heavy atom. The number of nitrogens with zero attached hydrogens (tertiary/aromatic N) is 2. The van der Waals surface area contributed by atoms with Gasteiger partial charge >= 0.3 is 0 Å². The first-order valence-corrected chi connectivity index (χ1v) is 7.43. The maximum Gasteiger partial charge on any atom is 0.240 e. The number of pyridine rings is 1. The van der Waals surface area contributed by atoms with E-state index in [4.69, 9.17) is 10.5 Å². The summed E-state index contributed by atoms with van der Waals surface area (Å²) in [5.41, 5.74) is 5.79. The van der Waals surface area contributed by atoms with Gasteiger partial charge in [0, 0.05) is 24.9 Å². The summed E-state index contributed by atoms with van der Waals surface area (Å²) >= 11 is 0. The van der Waals surface area contributed by atoms with E-state index in [1.165, 1.54) is 4.90 Å². The number of hydrogen-bond acceptors (Lipinski definition) is 4. The molecule has 2 heterocycles. The number of aromatic nitrogens is 1. The number of carbonyl (C=O) groups is 2. The second kappa shape index (κ2) is 6.44. The van der Waals surface area contributed by atoms with Gasteiger partial charge in [0.25, 0.3) is 0 Å². The van der Waals surface area contributed by atoms with Gasteiger partial charge in [0.15, 0.2) is 0 Å². The van der Waals surface area contributed by atoms with E-state index in [9.17, 15) is 9.59 Å². The highest BCUT2D eigenvalue weighted by Crippen LogP contribution is 2.25. The fourth-order valence-corrected chi connectivity index (χ4v) is 2.69. The topological polar surface area (TPSA) is 85.5 Å². The number of ether oxygens (including phenoxy) is 1. The smallest absolute Gasteiger partial charge is 0.240 e. The molecular formula is C16H23N3O3. The van der Waals surface area contributed by atoms with Crippen molar-refractivity contribution in [2.24, 2.45) is 5.73 Å². The molecule has 2 atom stereocenters. The van der Waals surface area contributed by atoms with Gasteiger partial charge in [0.1, 0.15) is 6.04 Å². The Balaban J connectivity index is 2.06. The molecule has 1 aliphatic rings. The van der Waals surface area contributed by atoms with Crippen molar-refractivity contribution in [1.29, 1.82) is 0 Å². The maximum atomic E-state index is 12.5. The predicted molar refractivity (Wildman–Crippen MR) is 81.9 cm³/mol. The summed E-state index contributed by atoms with van der Waals surface area (Å²) in [6.07, 6.45) is 2.07. The van der Waals surface area contributed by atoms with Gasteiger partial charge in [0.05, 0.1) is 18.1 Å². The van der Waals surface area contributed by atoms with Crippen LogP contribution in [0.25, 0.3) is 0 Å². The van der Waals surface area contributed by atoms with E-state index in [1.807, 2.05) is 26.8 Å². The van der Waals surface area contributed by atoms with Crippen molar-refractivity contribution < 1.29 is 14.3 Å². The summed E-state index contributed by atoms with van der Waals surface area (Å²) < 4.78 is 5.89. The van der Waals surface area contributed by atoms with Crippen LogP contribution >= 0.6 is 0 Å². The number of nitrogens with two attached hydrogens (primary N) is 1. The van der Waals surface area contributed by atoms with Crippen LogP contribution in [0.5, 0.6) is 0 Å². The molecule has 0 bridgehead atoms. The van der Waals surface area contributed by atoms with Crippen LogP contribution in [-0.2, 0) is 20.7 Å². The van der Waals surface area contributed by atoms with Gasteiger partial charge in [-0.2, -0.15) is 0 Å². The summed E-state index contributed by atoms with van der Waals surface area (Å²) in [6.45, 7) is 6.23. The number of rotatable bonds is 4. The van der Waals surface area contributed by atoms with Gasteiger partial charge in [-0.3, -0.25) is 14.6 Å². The molecule has 2 N–H and O–H groups in total. The highest BCUT2D eigenvalue weighted by Gasteiger charge is 2.40. The van der Waals surface area contributed by atoms with E-state index in [0.29, 0.717) is 18.7 Å². The molecule has 1 aliphatic heterocycles. The van der Waals surface area contributed by atoms with E-state index in [-0.39, 0.29) is 24.0 Å². The van der Waals surface area contributed by atoms with Crippen LogP contribution in [0.4, 0.5) is 0 Å². The van der Waals surface area contributed by atoms with Crippen LogP contribution in [-0.4, -0.2) is 46.0 Å². The highest BCUT2D eigenvalue weighted by atomic mass is 16.5. The van der Waals surface area contributed by atoms with Crippen LogP contribution in [0.1, 0.15) is 32.9 Å². The number of carbonyl (C=O) groups excluding carboxylic acids is 2. The molecule has 1 aromatic heterocycles. The van der Waals surface area contributed by atoms with Crippen LogP contribution in [0, 0.1) is 0 Å². The number of likely N-dealkylation sites (tertiary alicyclic amines) is 1. The lowest BCUT2D eigenvalue weighted by Gasteiger charge is -2.25. The zero-order valence-corrected chi connectivity index (χ0v) is 13.3. The van der Waals surface area contributed by atoms with Crippen molar-refractivity contribution in [3.63, 3.8) is 0 Å². The molecule has 2 unspecified atom stereocenters. The first kappa shape index (κ1) is 16.4. The van der Waals surface area contributed by atoms with Gasteiger partial charge in [-0.05, 0) is 32.9 Å². The average molecular weight is 305 g/mol. The first-order chi connectivity index (χ1) is 10.3. The summed E-state index contributed by atoms with van der Waals surface area (Å²) in [4.78, 5) is 29.8. The molecule has 2 amide bonds. The lowest BCUT2D eigenvalue weighted by Crippen LogP contribution is -2.44.